The molecule has 0 saturated heterocycles. The Morgan fingerprint density at radius 2 is 2.24 bits per heavy atom. The summed E-state index contributed by atoms with van der Waals surface area (Å²) in [5, 5.41) is 6.07. The molecule has 1 amide bonds. The first kappa shape index (κ1) is 14.5. The Labute approximate surface area is 112 Å². The van der Waals surface area contributed by atoms with E-state index in [-0.39, 0.29) is 11.9 Å². The van der Waals surface area contributed by atoms with Gasteiger partial charge in [0.2, 0.25) is 5.91 Å². The molecule has 0 aliphatic rings. The fraction of sp³-hybridized carbons (Fsp3) is 0.583. The smallest absolute Gasteiger partial charge is 0.236 e. The lowest BCUT2D eigenvalue weighted by molar-refractivity contribution is -0.122. The average Bonchev–Trinajstić information content (AvgIpc) is 2.71. The van der Waals surface area contributed by atoms with Crippen LogP contribution in [0.4, 0.5) is 0 Å². The molecule has 0 aromatic carbocycles. The van der Waals surface area contributed by atoms with Crippen molar-refractivity contribution in [2.75, 3.05) is 13.1 Å². The Morgan fingerprint density at radius 3 is 2.82 bits per heavy atom. The van der Waals surface area contributed by atoms with Crippen molar-refractivity contribution in [2.24, 2.45) is 0 Å². The predicted molar refractivity (Wildman–Crippen MR) is 73.8 cm³/mol. The Hall–Kier alpha value is -0.580. The van der Waals surface area contributed by atoms with Crippen LogP contribution in [0.5, 0.6) is 0 Å². The van der Waals surface area contributed by atoms with Crippen molar-refractivity contribution in [3.05, 3.63) is 21.3 Å². The summed E-state index contributed by atoms with van der Waals surface area (Å²) in [5.41, 5.74) is 0. The Balaban J connectivity index is 2.19. The van der Waals surface area contributed by atoms with E-state index >= 15 is 0 Å². The molecular weight excluding hydrogens is 256 g/mol. The molecular formula is C12H19ClN2OS. The van der Waals surface area contributed by atoms with Gasteiger partial charge in [-0.1, -0.05) is 18.5 Å². The van der Waals surface area contributed by atoms with E-state index in [1.54, 1.807) is 11.3 Å². The summed E-state index contributed by atoms with van der Waals surface area (Å²) in [7, 11) is 0. The van der Waals surface area contributed by atoms with Gasteiger partial charge in [-0.05, 0) is 31.9 Å². The number of nitrogens with one attached hydrogen (secondary N) is 2. The number of hydrogen-bond acceptors (Lipinski definition) is 3. The van der Waals surface area contributed by atoms with Crippen LogP contribution in [0.2, 0.25) is 4.34 Å². The van der Waals surface area contributed by atoms with E-state index in [0.717, 1.165) is 30.3 Å². The SMILES string of the molecule is CCCNC(=O)C(C)NCCc1ccc(Cl)s1. The standard InChI is InChI=1S/C12H19ClN2OS/c1-3-7-15-12(16)9(2)14-8-6-10-4-5-11(13)17-10/h4-5,9,14H,3,6-8H2,1-2H3,(H,15,16). The molecule has 1 rings (SSSR count). The molecule has 1 atom stereocenters. The molecule has 2 N–H and O–H groups in total. The van der Waals surface area contributed by atoms with Crippen molar-refractivity contribution in [1.82, 2.24) is 10.6 Å². The van der Waals surface area contributed by atoms with E-state index in [1.807, 2.05) is 26.0 Å². The predicted octanol–water partition coefficient (Wildman–Crippen LogP) is 2.45. The number of hydrogen-bond donors (Lipinski definition) is 2. The van der Waals surface area contributed by atoms with E-state index in [4.69, 9.17) is 11.6 Å². The second kappa shape index (κ2) is 7.69. The molecule has 17 heavy (non-hydrogen) atoms. The lowest BCUT2D eigenvalue weighted by atomic mass is 10.2. The minimum Gasteiger partial charge on any atom is -0.355 e. The Kier molecular flexibility index (Phi) is 6.55. The first-order valence-electron chi connectivity index (χ1n) is 5.88. The summed E-state index contributed by atoms with van der Waals surface area (Å²) >= 11 is 7.43. The first-order chi connectivity index (χ1) is 8.13. The molecule has 0 aliphatic carbocycles. The number of rotatable bonds is 7. The van der Waals surface area contributed by atoms with E-state index in [1.165, 1.54) is 4.88 Å². The van der Waals surface area contributed by atoms with Gasteiger partial charge < -0.3 is 10.6 Å². The van der Waals surface area contributed by atoms with Crippen molar-refractivity contribution in [1.29, 1.82) is 0 Å². The summed E-state index contributed by atoms with van der Waals surface area (Å²) in [4.78, 5) is 12.8. The Morgan fingerprint density at radius 1 is 1.47 bits per heavy atom. The molecule has 96 valence electrons. The van der Waals surface area contributed by atoms with Crippen LogP contribution >= 0.6 is 22.9 Å². The van der Waals surface area contributed by atoms with Crippen LogP contribution < -0.4 is 10.6 Å². The quantitative estimate of drug-likeness (QED) is 0.802. The zero-order valence-electron chi connectivity index (χ0n) is 10.3. The molecule has 0 bridgehead atoms. The maximum absolute atomic E-state index is 11.6. The van der Waals surface area contributed by atoms with Crippen LogP contribution in [0.1, 0.15) is 25.1 Å². The van der Waals surface area contributed by atoms with Crippen molar-refractivity contribution in [3.8, 4) is 0 Å². The fourth-order valence-electron chi connectivity index (χ4n) is 1.39. The number of amides is 1. The zero-order chi connectivity index (χ0) is 12.7. The van der Waals surface area contributed by atoms with Gasteiger partial charge in [0.15, 0.2) is 0 Å². The van der Waals surface area contributed by atoms with Gasteiger partial charge in [-0.15, -0.1) is 11.3 Å². The van der Waals surface area contributed by atoms with E-state index in [9.17, 15) is 4.79 Å². The van der Waals surface area contributed by atoms with Gasteiger partial charge >= 0.3 is 0 Å². The summed E-state index contributed by atoms with van der Waals surface area (Å²) < 4.78 is 0.814. The first-order valence-corrected chi connectivity index (χ1v) is 7.08. The van der Waals surface area contributed by atoms with Crippen molar-refractivity contribution < 1.29 is 4.79 Å². The van der Waals surface area contributed by atoms with Crippen LogP contribution in [0.25, 0.3) is 0 Å². The van der Waals surface area contributed by atoms with Crippen molar-refractivity contribution in [2.45, 2.75) is 32.7 Å². The van der Waals surface area contributed by atoms with Gasteiger partial charge in [-0.2, -0.15) is 0 Å². The molecule has 5 heteroatoms. The average molecular weight is 275 g/mol. The number of halogens is 1. The number of thiophene rings is 1. The highest BCUT2D eigenvalue weighted by atomic mass is 35.5. The third-order valence-electron chi connectivity index (χ3n) is 2.39. The minimum atomic E-state index is -0.142. The highest BCUT2D eigenvalue weighted by Gasteiger charge is 2.10. The van der Waals surface area contributed by atoms with Crippen LogP contribution in [0.15, 0.2) is 12.1 Å². The normalized spacial score (nSPS) is 12.4. The molecule has 1 aromatic rings. The molecule has 1 heterocycles. The maximum atomic E-state index is 11.6. The van der Waals surface area contributed by atoms with E-state index < -0.39 is 0 Å². The fourth-order valence-corrected chi connectivity index (χ4v) is 2.48. The molecule has 0 spiro atoms. The lowest BCUT2D eigenvalue weighted by Crippen LogP contribution is -2.43. The lowest BCUT2D eigenvalue weighted by Gasteiger charge is -2.13. The van der Waals surface area contributed by atoms with Gasteiger partial charge in [-0.25, -0.2) is 0 Å². The molecule has 1 aromatic heterocycles. The van der Waals surface area contributed by atoms with Crippen LogP contribution in [0.3, 0.4) is 0 Å². The van der Waals surface area contributed by atoms with E-state index in [2.05, 4.69) is 10.6 Å². The van der Waals surface area contributed by atoms with Gasteiger partial charge in [0.1, 0.15) is 0 Å². The molecule has 1 unspecified atom stereocenters. The van der Waals surface area contributed by atoms with Crippen LogP contribution in [0, 0.1) is 0 Å². The molecule has 0 fully saturated rings. The summed E-state index contributed by atoms with van der Waals surface area (Å²) in [6, 6.07) is 3.78. The summed E-state index contributed by atoms with van der Waals surface area (Å²) in [6.07, 6.45) is 1.87. The summed E-state index contributed by atoms with van der Waals surface area (Å²) in [6.45, 7) is 5.45. The van der Waals surface area contributed by atoms with E-state index in [0.29, 0.717) is 0 Å². The number of carbonyl (C=O) groups excluding carboxylic acids is 1. The third kappa shape index (κ3) is 5.52. The van der Waals surface area contributed by atoms with Crippen molar-refractivity contribution >= 4 is 28.8 Å². The second-order valence-electron chi connectivity index (χ2n) is 3.92. The number of carbonyl (C=O) groups is 1. The Bertz CT molecular complexity index is 354. The molecule has 0 radical (unpaired) electrons. The molecule has 0 saturated carbocycles. The largest absolute Gasteiger partial charge is 0.355 e. The molecule has 3 nitrogen and oxygen atoms in total. The van der Waals surface area contributed by atoms with Gasteiger partial charge in [0.05, 0.1) is 10.4 Å². The third-order valence-corrected chi connectivity index (χ3v) is 3.68. The topological polar surface area (TPSA) is 41.1 Å². The summed E-state index contributed by atoms with van der Waals surface area (Å²) in [5.74, 6) is 0.0658. The zero-order valence-corrected chi connectivity index (χ0v) is 11.8. The maximum Gasteiger partial charge on any atom is 0.236 e. The minimum absolute atomic E-state index is 0.0658. The van der Waals surface area contributed by atoms with Gasteiger partial charge in [0, 0.05) is 18.0 Å². The van der Waals surface area contributed by atoms with Crippen LogP contribution in [-0.2, 0) is 11.2 Å². The highest BCUT2D eigenvalue weighted by Crippen LogP contribution is 2.21. The highest BCUT2D eigenvalue weighted by molar-refractivity contribution is 7.16. The van der Waals surface area contributed by atoms with Crippen molar-refractivity contribution in [3.63, 3.8) is 0 Å². The monoisotopic (exact) mass is 274 g/mol. The molecule has 0 aliphatic heterocycles. The van der Waals surface area contributed by atoms with Crippen LogP contribution in [-0.4, -0.2) is 25.0 Å². The second-order valence-corrected chi connectivity index (χ2v) is 5.72. The van der Waals surface area contributed by atoms with Gasteiger partial charge in [0.25, 0.3) is 0 Å². The van der Waals surface area contributed by atoms with Gasteiger partial charge in [-0.3, -0.25) is 4.79 Å².